The predicted octanol–water partition coefficient (Wildman–Crippen LogP) is 3.09. The van der Waals surface area contributed by atoms with Crippen LogP contribution in [0, 0.1) is 11.3 Å². The molecule has 0 bridgehead atoms. The first kappa shape index (κ1) is 15.7. The van der Waals surface area contributed by atoms with E-state index in [2.05, 4.69) is 12.2 Å². The zero-order valence-electron chi connectivity index (χ0n) is 12.2. The fraction of sp³-hybridized carbons (Fsp3) is 0.733. The fourth-order valence-corrected chi connectivity index (χ4v) is 2.14. The van der Waals surface area contributed by atoms with Crippen LogP contribution in [0.5, 0.6) is 0 Å². The van der Waals surface area contributed by atoms with E-state index >= 15 is 0 Å². The van der Waals surface area contributed by atoms with Gasteiger partial charge in [-0.05, 0) is 24.7 Å². The van der Waals surface area contributed by atoms with E-state index in [-0.39, 0.29) is 22.9 Å². The van der Waals surface area contributed by atoms with Gasteiger partial charge in [-0.15, -0.1) is 0 Å². The summed E-state index contributed by atoms with van der Waals surface area (Å²) in [6.07, 6.45) is 7.56. The summed E-state index contributed by atoms with van der Waals surface area (Å²) >= 11 is 0. The van der Waals surface area contributed by atoms with Gasteiger partial charge >= 0.3 is 5.97 Å². The number of unbranched alkanes of at least 4 members (excludes halogenated alkanes) is 4. The van der Waals surface area contributed by atoms with Crippen molar-refractivity contribution in [3.8, 4) is 0 Å². The fourth-order valence-electron chi connectivity index (χ4n) is 2.14. The van der Waals surface area contributed by atoms with Crippen LogP contribution < -0.4 is 5.32 Å². The Morgan fingerprint density at radius 3 is 2.42 bits per heavy atom. The molecule has 0 aliphatic heterocycles. The van der Waals surface area contributed by atoms with Gasteiger partial charge in [-0.3, -0.25) is 4.79 Å². The number of hydrogen-bond donors (Lipinski definition) is 2. The van der Waals surface area contributed by atoms with Crippen LogP contribution in [0.4, 0.5) is 0 Å². The molecule has 1 aliphatic rings. The molecule has 0 aromatic carbocycles. The van der Waals surface area contributed by atoms with Gasteiger partial charge in [0.15, 0.2) is 0 Å². The van der Waals surface area contributed by atoms with Crippen molar-refractivity contribution in [2.45, 2.75) is 59.3 Å². The molecule has 1 aliphatic carbocycles. The minimum atomic E-state index is -1.05. The van der Waals surface area contributed by atoms with Gasteiger partial charge in [0.25, 0.3) is 0 Å². The molecule has 0 heterocycles. The Bertz CT molecular complexity index is 372. The van der Waals surface area contributed by atoms with Crippen LogP contribution in [-0.4, -0.2) is 17.0 Å². The summed E-state index contributed by atoms with van der Waals surface area (Å²) in [5, 5.41) is 11.6. The SMILES string of the molecule is CCCCCC/C=C(\NC(=O)C1CC1(C)C)C(=O)O. The number of amides is 1. The summed E-state index contributed by atoms with van der Waals surface area (Å²) in [6, 6.07) is 0. The molecule has 108 valence electrons. The Kier molecular flexibility index (Phi) is 5.58. The lowest BCUT2D eigenvalue weighted by molar-refractivity contribution is -0.135. The second-order valence-electron chi connectivity index (χ2n) is 6.01. The highest BCUT2D eigenvalue weighted by Gasteiger charge is 2.50. The predicted molar refractivity (Wildman–Crippen MR) is 74.5 cm³/mol. The van der Waals surface area contributed by atoms with Crippen molar-refractivity contribution < 1.29 is 14.7 Å². The van der Waals surface area contributed by atoms with Crippen molar-refractivity contribution in [3.05, 3.63) is 11.8 Å². The van der Waals surface area contributed by atoms with Crippen molar-refractivity contribution in [1.82, 2.24) is 5.32 Å². The standard InChI is InChI=1S/C15H25NO3/c1-4-5-6-7-8-9-12(14(18)19)16-13(17)11-10-15(11,2)3/h9,11H,4-8,10H2,1-3H3,(H,16,17)(H,18,19)/b12-9-. The molecule has 0 aromatic rings. The van der Waals surface area contributed by atoms with Crippen molar-refractivity contribution in [3.63, 3.8) is 0 Å². The van der Waals surface area contributed by atoms with Gasteiger partial charge in [-0.2, -0.15) is 0 Å². The van der Waals surface area contributed by atoms with Gasteiger partial charge in [0.1, 0.15) is 5.70 Å². The number of aliphatic carboxylic acids is 1. The number of hydrogen-bond acceptors (Lipinski definition) is 2. The Balaban J connectivity index is 2.42. The minimum Gasteiger partial charge on any atom is -0.477 e. The molecule has 1 saturated carbocycles. The molecule has 0 radical (unpaired) electrons. The number of carboxylic acid groups (broad SMARTS) is 1. The molecule has 0 spiro atoms. The van der Waals surface area contributed by atoms with Gasteiger partial charge in [0.05, 0.1) is 0 Å². The number of nitrogens with one attached hydrogen (secondary N) is 1. The first-order valence-electron chi connectivity index (χ1n) is 7.13. The molecule has 2 N–H and O–H groups in total. The first-order valence-corrected chi connectivity index (χ1v) is 7.13. The molecule has 1 rings (SSSR count). The number of carbonyl (C=O) groups excluding carboxylic acids is 1. The van der Waals surface area contributed by atoms with Crippen LogP contribution >= 0.6 is 0 Å². The maximum atomic E-state index is 11.9. The van der Waals surface area contributed by atoms with E-state index in [1.54, 1.807) is 6.08 Å². The molecule has 1 amide bonds. The average Bonchev–Trinajstić information content (AvgIpc) is 2.96. The summed E-state index contributed by atoms with van der Waals surface area (Å²) in [4.78, 5) is 22.9. The smallest absolute Gasteiger partial charge is 0.352 e. The van der Waals surface area contributed by atoms with E-state index < -0.39 is 5.97 Å². The van der Waals surface area contributed by atoms with Crippen LogP contribution in [-0.2, 0) is 9.59 Å². The molecular weight excluding hydrogens is 242 g/mol. The summed E-state index contributed by atoms with van der Waals surface area (Å²) in [5.74, 6) is -1.26. The molecule has 1 fully saturated rings. The number of allylic oxidation sites excluding steroid dienone is 1. The molecular formula is C15H25NO3. The van der Waals surface area contributed by atoms with Gasteiger partial charge in [0, 0.05) is 5.92 Å². The molecule has 0 saturated heterocycles. The lowest BCUT2D eigenvalue weighted by atomic mass is 10.1. The van der Waals surface area contributed by atoms with Gasteiger partial charge < -0.3 is 10.4 Å². The molecule has 1 atom stereocenters. The maximum absolute atomic E-state index is 11.9. The highest BCUT2D eigenvalue weighted by molar-refractivity contribution is 5.94. The topological polar surface area (TPSA) is 66.4 Å². The minimum absolute atomic E-state index is 0.0226. The van der Waals surface area contributed by atoms with E-state index in [4.69, 9.17) is 5.11 Å². The molecule has 1 unspecified atom stereocenters. The highest BCUT2D eigenvalue weighted by Crippen LogP contribution is 2.51. The average molecular weight is 267 g/mol. The lowest BCUT2D eigenvalue weighted by Crippen LogP contribution is -2.29. The highest BCUT2D eigenvalue weighted by atomic mass is 16.4. The monoisotopic (exact) mass is 267 g/mol. The van der Waals surface area contributed by atoms with Gasteiger partial charge in [-0.25, -0.2) is 4.79 Å². The van der Waals surface area contributed by atoms with Crippen LogP contribution in [0.1, 0.15) is 59.3 Å². The third kappa shape index (κ3) is 5.05. The van der Waals surface area contributed by atoms with Crippen molar-refractivity contribution in [2.75, 3.05) is 0 Å². The van der Waals surface area contributed by atoms with E-state index in [0.29, 0.717) is 6.42 Å². The quantitative estimate of drug-likeness (QED) is 0.524. The summed E-state index contributed by atoms with van der Waals surface area (Å²) in [7, 11) is 0. The first-order chi connectivity index (χ1) is 8.88. The summed E-state index contributed by atoms with van der Waals surface area (Å²) in [5.41, 5.74) is 0.0543. The van der Waals surface area contributed by atoms with Gasteiger partial charge in [0.2, 0.25) is 5.91 Å². The van der Waals surface area contributed by atoms with E-state index in [1.165, 1.54) is 6.42 Å². The van der Waals surface area contributed by atoms with E-state index in [1.807, 2.05) is 13.8 Å². The molecule has 19 heavy (non-hydrogen) atoms. The normalized spacial score (nSPS) is 21.0. The summed E-state index contributed by atoms with van der Waals surface area (Å²) in [6.45, 7) is 6.18. The number of carbonyl (C=O) groups is 2. The Morgan fingerprint density at radius 2 is 1.95 bits per heavy atom. The van der Waals surface area contributed by atoms with Crippen LogP contribution in [0.15, 0.2) is 11.8 Å². The van der Waals surface area contributed by atoms with Crippen molar-refractivity contribution in [2.24, 2.45) is 11.3 Å². The lowest BCUT2D eigenvalue weighted by Gasteiger charge is -2.07. The van der Waals surface area contributed by atoms with E-state index in [9.17, 15) is 9.59 Å². The number of carboxylic acids is 1. The number of rotatable bonds is 8. The molecule has 0 aromatic heterocycles. The van der Waals surface area contributed by atoms with Crippen molar-refractivity contribution >= 4 is 11.9 Å². The van der Waals surface area contributed by atoms with Crippen LogP contribution in [0.2, 0.25) is 0 Å². The maximum Gasteiger partial charge on any atom is 0.352 e. The van der Waals surface area contributed by atoms with Crippen LogP contribution in [0.3, 0.4) is 0 Å². The van der Waals surface area contributed by atoms with Gasteiger partial charge in [-0.1, -0.05) is 46.1 Å². The summed E-state index contributed by atoms with van der Waals surface area (Å²) < 4.78 is 0. The Morgan fingerprint density at radius 1 is 1.32 bits per heavy atom. The Labute approximate surface area is 115 Å². The second kappa shape index (κ2) is 6.73. The van der Waals surface area contributed by atoms with Crippen molar-refractivity contribution in [1.29, 1.82) is 0 Å². The molecule has 4 heteroatoms. The third-order valence-corrected chi connectivity index (χ3v) is 3.72. The van der Waals surface area contributed by atoms with E-state index in [0.717, 1.165) is 25.7 Å². The second-order valence-corrected chi connectivity index (χ2v) is 6.01. The van der Waals surface area contributed by atoms with Crippen LogP contribution in [0.25, 0.3) is 0 Å². The zero-order chi connectivity index (χ0) is 14.5. The zero-order valence-corrected chi connectivity index (χ0v) is 12.2. The largest absolute Gasteiger partial charge is 0.477 e. The molecule has 4 nitrogen and oxygen atoms in total. The third-order valence-electron chi connectivity index (χ3n) is 3.72. The Hall–Kier alpha value is -1.32.